The van der Waals surface area contributed by atoms with Gasteiger partial charge >= 0.3 is 11.9 Å². The Labute approximate surface area is 174 Å². The summed E-state index contributed by atoms with van der Waals surface area (Å²) in [4.78, 5) is 46.3. The van der Waals surface area contributed by atoms with Crippen LogP contribution in [-0.2, 0) is 25.6 Å². The first-order valence-corrected chi connectivity index (χ1v) is 10.0. The van der Waals surface area contributed by atoms with Crippen molar-refractivity contribution in [2.24, 2.45) is 17.6 Å². The fourth-order valence-corrected chi connectivity index (χ4v) is 2.79. The van der Waals surface area contributed by atoms with Gasteiger partial charge in [-0.1, -0.05) is 20.8 Å². The number of aromatic nitrogens is 4. The maximum atomic E-state index is 12.1. The number of H-pyrrole nitrogens is 1. The molecule has 0 unspecified atom stereocenters. The first kappa shape index (κ1) is 23.3. The molecule has 11 nitrogen and oxygen atoms in total. The van der Waals surface area contributed by atoms with E-state index < -0.39 is 17.6 Å². The third-order valence-electron chi connectivity index (χ3n) is 4.64. The number of nitrogens with one attached hydrogen (secondary N) is 1. The zero-order valence-corrected chi connectivity index (χ0v) is 17.6. The predicted octanol–water partition coefficient (Wildman–Crippen LogP) is 0.578. The number of nitrogen functional groups attached to an aromatic ring is 1. The summed E-state index contributed by atoms with van der Waals surface area (Å²) >= 11 is 0. The molecule has 0 bridgehead atoms. The summed E-state index contributed by atoms with van der Waals surface area (Å²) in [6.07, 6.45) is 2.97. The number of carbonyl (C=O) groups is 2. The van der Waals surface area contributed by atoms with Gasteiger partial charge in [-0.3, -0.25) is 19.4 Å². The lowest BCUT2D eigenvalue weighted by atomic mass is 10.1. The third kappa shape index (κ3) is 6.28. The number of esters is 2. The Morgan fingerprint density at radius 1 is 1.30 bits per heavy atom. The second-order valence-electron chi connectivity index (χ2n) is 7.55. The number of nitrogens with two attached hydrogens (primary N) is 2. The Kier molecular flexibility index (Phi) is 8.34. The molecule has 11 heteroatoms. The van der Waals surface area contributed by atoms with Gasteiger partial charge in [-0.05, 0) is 18.8 Å². The normalized spacial score (nSPS) is 13.4. The number of imidazole rings is 1. The lowest BCUT2D eigenvalue weighted by Crippen LogP contribution is -2.38. The van der Waals surface area contributed by atoms with Crippen LogP contribution in [0.1, 0.15) is 40.0 Å². The molecule has 2 heterocycles. The summed E-state index contributed by atoms with van der Waals surface area (Å²) < 4.78 is 12.3. The monoisotopic (exact) mass is 422 g/mol. The molecule has 0 fully saturated rings. The van der Waals surface area contributed by atoms with Crippen LogP contribution in [0.25, 0.3) is 11.2 Å². The van der Waals surface area contributed by atoms with E-state index in [1.54, 1.807) is 4.57 Å². The number of nitrogens with zero attached hydrogens (tertiary/aromatic N) is 3. The summed E-state index contributed by atoms with van der Waals surface area (Å²) in [5.74, 6) is -1.06. The Bertz CT molecular complexity index is 922. The molecule has 5 N–H and O–H groups in total. The second-order valence-corrected chi connectivity index (χ2v) is 7.55. The van der Waals surface area contributed by atoms with E-state index in [9.17, 15) is 14.4 Å². The summed E-state index contributed by atoms with van der Waals surface area (Å²) in [6, 6.07) is -0.720. The van der Waals surface area contributed by atoms with Crippen molar-refractivity contribution in [3.63, 3.8) is 0 Å². The van der Waals surface area contributed by atoms with Gasteiger partial charge in [0.25, 0.3) is 5.56 Å². The molecule has 0 aromatic carbocycles. The second kappa shape index (κ2) is 10.7. The zero-order valence-electron chi connectivity index (χ0n) is 17.6. The van der Waals surface area contributed by atoms with Crippen LogP contribution in [-0.4, -0.2) is 50.7 Å². The lowest BCUT2D eigenvalue weighted by molar-refractivity contribution is -0.149. The standard InChI is InChI=1S/C19H30N6O5/c1-4-5-13(26)29-7-6-12(9-30-18(28)14(20)11(2)3)8-25-10-22-15-16(25)23-19(21)24-17(15)27/h10-12,14H,4-9,20H2,1-3H3,(H3,21,23,24,27)/t12-,14+/m1/s1. The highest BCUT2D eigenvalue weighted by Crippen LogP contribution is 2.14. The highest BCUT2D eigenvalue weighted by molar-refractivity contribution is 5.75. The summed E-state index contributed by atoms with van der Waals surface area (Å²) in [7, 11) is 0. The number of fused-ring (bicyclic) bond motifs is 1. The summed E-state index contributed by atoms with van der Waals surface area (Å²) in [5, 5.41) is 0. The fraction of sp³-hybridized carbons (Fsp3) is 0.632. The highest BCUT2D eigenvalue weighted by atomic mass is 16.5. The van der Waals surface area contributed by atoms with Gasteiger partial charge in [-0.15, -0.1) is 0 Å². The maximum Gasteiger partial charge on any atom is 0.323 e. The molecule has 2 rings (SSSR count). The quantitative estimate of drug-likeness (QED) is 0.438. The number of rotatable bonds is 11. The van der Waals surface area contributed by atoms with Gasteiger partial charge in [0.1, 0.15) is 6.04 Å². The molecule has 2 aromatic rings. The Morgan fingerprint density at radius 3 is 2.70 bits per heavy atom. The largest absolute Gasteiger partial charge is 0.466 e. The minimum absolute atomic E-state index is 0.0198. The molecule has 0 aliphatic heterocycles. The predicted molar refractivity (Wildman–Crippen MR) is 110 cm³/mol. The smallest absolute Gasteiger partial charge is 0.323 e. The molecule has 2 aromatic heterocycles. The van der Waals surface area contributed by atoms with E-state index in [0.717, 1.165) is 0 Å². The zero-order chi connectivity index (χ0) is 22.3. The van der Waals surface area contributed by atoms with Crippen LogP contribution in [0.2, 0.25) is 0 Å². The van der Waals surface area contributed by atoms with Crippen molar-refractivity contribution in [3.8, 4) is 0 Å². The van der Waals surface area contributed by atoms with Crippen molar-refractivity contribution >= 4 is 29.1 Å². The first-order chi connectivity index (χ1) is 14.2. The molecule has 2 atom stereocenters. The maximum absolute atomic E-state index is 12.1. The van der Waals surface area contributed by atoms with Crippen LogP contribution in [0.15, 0.2) is 11.1 Å². The average Bonchev–Trinajstić information content (AvgIpc) is 3.08. The van der Waals surface area contributed by atoms with Gasteiger partial charge in [0, 0.05) is 18.9 Å². The van der Waals surface area contributed by atoms with Crippen molar-refractivity contribution < 1.29 is 19.1 Å². The van der Waals surface area contributed by atoms with Crippen LogP contribution >= 0.6 is 0 Å². The van der Waals surface area contributed by atoms with E-state index in [-0.39, 0.29) is 42.5 Å². The third-order valence-corrected chi connectivity index (χ3v) is 4.64. The molecule has 0 spiro atoms. The minimum Gasteiger partial charge on any atom is -0.466 e. The van der Waals surface area contributed by atoms with E-state index in [1.165, 1.54) is 6.33 Å². The average molecular weight is 422 g/mol. The summed E-state index contributed by atoms with van der Waals surface area (Å²) in [6.45, 7) is 6.15. The molecule has 0 radical (unpaired) electrons. The van der Waals surface area contributed by atoms with Gasteiger partial charge in [-0.2, -0.15) is 4.98 Å². The van der Waals surface area contributed by atoms with E-state index >= 15 is 0 Å². The number of hydrogen-bond acceptors (Lipinski definition) is 9. The molecule has 30 heavy (non-hydrogen) atoms. The van der Waals surface area contributed by atoms with E-state index in [0.29, 0.717) is 31.5 Å². The van der Waals surface area contributed by atoms with Crippen LogP contribution in [0, 0.1) is 11.8 Å². The molecule has 0 aliphatic rings. The Balaban J connectivity index is 2.11. The van der Waals surface area contributed by atoms with E-state index in [1.807, 2.05) is 20.8 Å². The van der Waals surface area contributed by atoms with Crippen molar-refractivity contribution in [3.05, 3.63) is 16.7 Å². The van der Waals surface area contributed by atoms with Gasteiger partial charge in [0.15, 0.2) is 11.2 Å². The van der Waals surface area contributed by atoms with Crippen molar-refractivity contribution in [2.75, 3.05) is 18.9 Å². The Hall–Kier alpha value is -2.95. The van der Waals surface area contributed by atoms with Gasteiger partial charge in [0.2, 0.25) is 5.95 Å². The number of aromatic amines is 1. The number of anilines is 1. The van der Waals surface area contributed by atoms with Crippen LogP contribution in [0.3, 0.4) is 0 Å². The number of ether oxygens (including phenoxy) is 2. The van der Waals surface area contributed by atoms with Gasteiger partial charge < -0.3 is 25.5 Å². The lowest BCUT2D eigenvalue weighted by Gasteiger charge is -2.20. The molecular formula is C19H30N6O5. The van der Waals surface area contributed by atoms with E-state index in [4.69, 9.17) is 20.9 Å². The molecule has 0 aliphatic carbocycles. The molecule has 166 valence electrons. The van der Waals surface area contributed by atoms with Crippen LogP contribution in [0.5, 0.6) is 0 Å². The molecular weight excluding hydrogens is 392 g/mol. The first-order valence-electron chi connectivity index (χ1n) is 10.0. The van der Waals surface area contributed by atoms with Crippen molar-refractivity contribution in [1.29, 1.82) is 0 Å². The minimum atomic E-state index is -0.720. The fourth-order valence-electron chi connectivity index (χ4n) is 2.79. The van der Waals surface area contributed by atoms with Crippen molar-refractivity contribution in [2.45, 2.75) is 52.6 Å². The van der Waals surface area contributed by atoms with Crippen molar-refractivity contribution in [1.82, 2.24) is 19.5 Å². The van der Waals surface area contributed by atoms with Crippen LogP contribution in [0.4, 0.5) is 5.95 Å². The SMILES string of the molecule is CCCC(=O)OCC[C@@H](COC(=O)[C@@H](N)C(C)C)Cn1cnc2c(=O)[nH]c(N)nc21. The van der Waals surface area contributed by atoms with Gasteiger partial charge in [0.05, 0.1) is 19.5 Å². The summed E-state index contributed by atoms with van der Waals surface area (Å²) in [5.41, 5.74) is 11.5. The Morgan fingerprint density at radius 2 is 2.03 bits per heavy atom. The molecule has 0 saturated carbocycles. The van der Waals surface area contributed by atoms with E-state index in [2.05, 4.69) is 15.0 Å². The topological polar surface area (TPSA) is 168 Å². The van der Waals surface area contributed by atoms with Gasteiger partial charge in [-0.25, -0.2) is 4.98 Å². The van der Waals surface area contributed by atoms with Crippen LogP contribution < -0.4 is 17.0 Å². The number of carbonyl (C=O) groups excluding carboxylic acids is 2. The highest BCUT2D eigenvalue weighted by Gasteiger charge is 2.22. The number of hydrogen-bond donors (Lipinski definition) is 3. The molecule has 0 saturated heterocycles. The molecule has 0 amide bonds.